The van der Waals surface area contributed by atoms with Gasteiger partial charge in [0.1, 0.15) is 10.6 Å². The van der Waals surface area contributed by atoms with Gasteiger partial charge in [0.25, 0.3) is 0 Å². The lowest BCUT2D eigenvalue weighted by molar-refractivity contribution is 0.465. The van der Waals surface area contributed by atoms with Gasteiger partial charge in [-0.2, -0.15) is 0 Å². The minimum Gasteiger partial charge on any atom is -0.295 e. The maximum Gasteiger partial charge on any atom is 0.139 e. The second-order valence-corrected chi connectivity index (χ2v) is 16.0. The van der Waals surface area contributed by atoms with E-state index in [0.717, 1.165) is 16.3 Å². The van der Waals surface area contributed by atoms with Crippen LogP contribution in [-0.4, -0.2) is 4.98 Å². The Morgan fingerprint density at radius 2 is 1.22 bits per heavy atom. The molecule has 2 unspecified atom stereocenters. The van der Waals surface area contributed by atoms with Crippen molar-refractivity contribution in [3.63, 3.8) is 0 Å². The normalized spacial score (nSPS) is 17.1. The van der Waals surface area contributed by atoms with Crippen LogP contribution in [0.25, 0.3) is 53.3 Å². The Morgan fingerprint density at radius 3 is 2.04 bits per heavy atom. The second-order valence-electron chi connectivity index (χ2n) is 15.0. The van der Waals surface area contributed by atoms with E-state index in [0.29, 0.717) is 0 Å². The fourth-order valence-electron chi connectivity index (χ4n) is 10.2. The minimum atomic E-state index is -0.308. The predicted molar refractivity (Wildman–Crippen MR) is 231 cm³/mol. The van der Waals surface area contributed by atoms with Crippen molar-refractivity contribution in [2.24, 2.45) is 5.92 Å². The zero-order valence-corrected chi connectivity index (χ0v) is 30.7. The molecule has 0 saturated heterocycles. The van der Waals surface area contributed by atoms with Gasteiger partial charge in [-0.3, -0.25) is 4.90 Å². The van der Waals surface area contributed by atoms with E-state index >= 15 is 0 Å². The van der Waals surface area contributed by atoms with E-state index in [9.17, 15) is 0 Å². The van der Waals surface area contributed by atoms with Crippen LogP contribution in [0.3, 0.4) is 0 Å². The molecule has 12 rings (SSSR count). The Hall–Kier alpha value is -6.55. The van der Waals surface area contributed by atoms with E-state index < -0.39 is 0 Å². The molecule has 2 aromatic heterocycles. The third kappa shape index (κ3) is 4.27. The van der Waals surface area contributed by atoms with Crippen molar-refractivity contribution in [2.45, 2.75) is 11.3 Å². The van der Waals surface area contributed by atoms with E-state index in [-0.39, 0.29) is 17.3 Å². The summed E-state index contributed by atoms with van der Waals surface area (Å²) in [6.07, 6.45) is 9.42. The average molecular weight is 719 g/mol. The summed E-state index contributed by atoms with van der Waals surface area (Å²) < 4.78 is 1.26. The highest BCUT2D eigenvalue weighted by atomic mass is 32.1. The van der Waals surface area contributed by atoms with Crippen LogP contribution in [0.4, 0.5) is 17.2 Å². The smallest absolute Gasteiger partial charge is 0.139 e. The van der Waals surface area contributed by atoms with Crippen molar-refractivity contribution in [1.82, 2.24) is 4.98 Å². The van der Waals surface area contributed by atoms with Gasteiger partial charge in [-0.1, -0.05) is 158 Å². The number of benzene rings is 7. The van der Waals surface area contributed by atoms with Crippen LogP contribution in [0, 0.1) is 5.92 Å². The summed E-state index contributed by atoms with van der Waals surface area (Å²) in [6, 6.07) is 62.6. The molecule has 9 aromatic rings. The van der Waals surface area contributed by atoms with Crippen molar-refractivity contribution in [2.75, 3.05) is 4.90 Å². The number of allylic oxidation sites excluding steroid dienone is 4. The zero-order valence-electron chi connectivity index (χ0n) is 29.9. The van der Waals surface area contributed by atoms with Crippen LogP contribution in [0.15, 0.2) is 194 Å². The number of nitrogens with zero attached hydrogens (tertiary/aromatic N) is 2. The molecule has 0 aliphatic heterocycles. The van der Waals surface area contributed by atoms with Gasteiger partial charge in [-0.05, 0) is 91.7 Å². The third-order valence-electron chi connectivity index (χ3n) is 12.4. The Bertz CT molecular complexity index is 3020. The fraction of sp³-hybridized carbons (Fsp3) is 0.0577. The van der Waals surface area contributed by atoms with Crippen molar-refractivity contribution in [3.05, 3.63) is 216 Å². The average Bonchev–Trinajstić information content (AvgIpc) is 3.89. The van der Waals surface area contributed by atoms with Crippen molar-refractivity contribution in [3.8, 4) is 22.3 Å². The summed E-state index contributed by atoms with van der Waals surface area (Å²) >= 11 is 1.78. The van der Waals surface area contributed by atoms with Gasteiger partial charge in [-0.15, -0.1) is 11.3 Å². The van der Waals surface area contributed by atoms with Crippen LogP contribution in [0.5, 0.6) is 0 Å². The Balaban J connectivity index is 1.12. The number of hydrogen-bond acceptors (Lipinski definition) is 3. The highest BCUT2D eigenvalue weighted by molar-refractivity contribution is 7.25. The highest BCUT2D eigenvalue weighted by Crippen LogP contribution is 2.66. The number of pyridine rings is 1. The molecule has 0 amide bonds. The maximum atomic E-state index is 5.56. The lowest BCUT2D eigenvalue weighted by Crippen LogP contribution is -2.32. The Morgan fingerprint density at radius 1 is 0.527 bits per heavy atom. The fourth-order valence-corrected chi connectivity index (χ4v) is 11.3. The van der Waals surface area contributed by atoms with E-state index in [1.165, 1.54) is 76.4 Å². The third-order valence-corrected chi connectivity index (χ3v) is 13.4. The molecule has 0 bridgehead atoms. The van der Waals surface area contributed by atoms with Gasteiger partial charge < -0.3 is 0 Å². The molecule has 0 radical (unpaired) electrons. The molecule has 3 aliphatic rings. The second kappa shape index (κ2) is 11.7. The first kappa shape index (κ1) is 30.9. The highest BCUT2D eigenvalue weighted by Gasteiger charge is 2.57. The number of rotatable bonds is 4. The molecular formula is C52H34N2S. The molecule has 0 fully saturated rings. The number of hydrogen-bond donors (Lipinski definition) is 0. The minimum absolute atomic E-state index is 0.181. The Labute approximate surface area is 324 Å². The number of aromatic nitrogens is 1. The van der Waals surface area contributed by atoms with E-state index in [1.54, 1.807) is 11.3 Å². The maximum absolute atomic E-state index is 5.56. The summed E-state index contributed by atoms with van der Waals surface area (Å²) in [5.74, 6) is 1.33. The van der Waals surface area contributed by atoms with Crippen LogP contribution in [0.2, 0.25) is 0 Å². The summed E-state index contributed by atoms with van der Waals surface area (Å²) in [5, 5.41) is 5.03. The first-order chi connectivity index (χ1) is 27.3. The van der Waals surface area contributed by atoms with Crippen molar-refractivity contribution >= 4 is 59.6 Å². The number of anilines is 3. The summed E-state index contributed by atoms with van der Waals surface area (Å²) in [4.78, 5) is 9.03. The molecule has 0 N–H and O–H groups in total. The topological polar surface area (TPSA) is 16.1 Å². The zero-order chi connectivity index (χ0) is 36.1. The lowest BCUT2D eigenvalue weighted by Gasteiger charge is -2.36. The van der Waals surface area contributed by atoms with Crippen LogP contribution in [0.1, 0.15) is 28.2 Å². The van der Waals surface area contributed by atoms with E-state index in [1.807, 2.05) is 0 Å². The van der Waals surface area contributed by atoms with Gasteiger partial charge in [0, 0.05) is 33.0 Å². The first-order valence-corrected chi connectivity index (χ1v) is 19.9. The molecule has 258 valence electrons. The standard InChI is InChI=1S/C52H34N2S/c1-2-13-33(14-3-1)34-25-28-36(29-26-34)54(48-32-30-41-49-37-16-5-4-15-35(37)27-31-47(49)55-51(41)53-48)46-24-12-23-45-50(46)40-19-8-11-22-44(40)52(45)42-20-9-6-17-38(42)39-18-7-10-21-43(39)52/h1-32,40,44H. The molecule has 55 heavy (non-hydrogen) atoms. The first-order valence-electron chi connectivity index (χ1n) is 19.1. The molecule has 7 aromatic carbocycles. The molecule has 3 aliphatic carbocycles. The van der Waals surface area contributed by atoms with Gasteiger partial charge in [-0.25, -0.2) is 4.98 Å². The largest absolute Gasteiger partial charge is 0.295 e. The number of fused-ring (bicyclic) bond motifs is 15. The van der Waals surface area contributed by atoms with Gasteiger partial charge in [0.15, 0.2) is 0 Å². The predicted octanol–water partition coefficient (Wildman–Crippen LogP) is 13.9. The van der Waals surface area contributed by atoms with Crippen LogP contribution < -0.4 is 4.90 Å². The lowest BCUT2D eigenvalue weighted by atomic mass is 9.65. The summed E-state index contributed by atoms with van der Waals surface area (Å²) in [7, 11) is 0. The molecule has 0 saturated carbocycles. The van der Waals surface area contributed by atoms with Crippen LogP contribution >= 0.6 is 11.3 Å². The summed E-state index contributed by atoms with van der Waals surface area (Å²) in [6.45, 7) is 0. The quantitative estimate of drug-likeness (QED) is 0.180. The molecule has 2 nitrogen and oxygen atoms in total. The molecule has 3 heteroatoms. The van der Waals surface area contributed by atoms with Crippen LogP contribution in [-0.2, 0) is 5.41 Å². The molecule has 2 atom stereocenters. The molecule has 2 heterocycles. The van der Waals surface area contributed by atoms with Gasteiger partial charge >= 0.3 is 0 Å². The molecular weight excluding hydrogens is 685 g/mol. The van der Waals surface area contributed by atoms with Gasteiger partial charge in [0.05, 0.1) is 11.1 Å². The Kier molecular flexibility index (Phi) is 6.58. The van der Waals surface area contributed by atoms with Gasteiger partial charge in [0.2, 0.25) is 0 Å². The van der Waals surface area contributed by atoms with Crippen molar-refractivity contribution in [1.29, 1.82) is 0 Å². The van der Waals surface area contributed by atoms with E-state index in [4.69, 9.17) is 4.98 Å². The SMILES string of the molecule is C1=CC2c3c(N(c4ccc(-c5ccccc5)cc4)c4ccc5c(n4)sc4ccc6ccccc6c45)cccc3C3(c4ccccc4-c4ccccc43)C2C=C1. The monoisotopic (exact) mass is 718 g/mol. The van der Waals surface area contributed by atoms with E-state index in [2.05, 4.69) is 199 Å². The molecule has 1 spiro atoms. The summed E-state index contributed by atoms with van der Waals surface area (Å²) in [5.41, 5.74) is 12.6. The number of thiophene rings is 1. The van der Waals surface area contributed by atoms with Crippen molar-refractivity contribution < 1.29 is 0 Å².